The Morgan fingerprint density at radius 2 is 1.94 bits per heavy atom. The number of hydrogen-bond acceptors (Lipinski definition) is 3. The Labute approximate surface area is 107 Å². The molecular formula is C14H30N2O. The molecule has 0 saturated carbocycles. The van der Waals surface area contributed by atoms with Crippen LogP contribution in [0.15, 0.2) is 0 Å². The third-order valence-electron chi connectivity index (χ3n) is 3.95. The fraction of sp³-hybridized carbons (Fsp3) is 1.00. The highest BCUT2D eigenvalue weighted by atomic mass is 16.3. The first kappa shape index (κ1) is 14.9. The van der Waals surface area contributed by atoms with Crippen LogP contribution in [0.1, 0.15) is 40.5 Å². The molecule has 0 aliphatic carbocycles. The molecule has 3 nitrogen and oxygen atoms in total. The first-order chi connectivity index (χ1) is 8.04. The van der Waals surface area contributed by atoms with Gasteiger partial charge >= 0.3 is 0 Å². The van der Waals surface area contributed by atoms with Crippen LogP contribution in [0, 0.1) is 11.8 Å². The predicted octanol–water partition coefficient (Wildman–Crippen LogP) is 1.71. The highest BCUT2D eigenvalue weighted by Crippen LogP contribution is 2.25. The molecule has 0 bridgehead atoms. The van der Waals surface area contributed by atoms with Gasteiger partial charge in [0.2, 0.25) is 0 Å². The van der Waals surface area contributed by atoms with Crippen molar-refractivity contribution in [3.05, 3.63) is 0 Å². The maximum Gasteiger partial charge on any atom is 0.0443 e. The molecule has 1 saturated heterocycles. The Bertz CT molecular complexity index is 190. The summed E-state index contributed by atoms with van der Waals surface area (Å²) in [4.78, 5) is 2.59. The molecule has 1 rings (SSSR count). The Hall–Kier alpha value is -0.120. The Balaban J connectivity index is 2.46. The van der Waals surface area contributed by atoms with E-state index in [0.717, 1.165) is 31.3 Å². The zero-order valence-corrected chi connectivity index (χ0v) is 11.9. The SMILES string of the molecule is CC(C)C1CC(NCCCO)CN(C(C)C)C1. The summed E-state index contributed by atoms with van der Waals surface area (Å²) < 4.78 is 0. The van der Waals surface area contributed by atoms with Gasteiger partial charge in [-0.15, -0.1) is 0 Å². The van der Waals surface area contributed by atoms with Gasteiger partial charge < -0.3 is 10.4 Å². The molecule has 0 aromatic carbocycles. The lowest BCUT2D eigenvalue weighted by molar-refractivity contribution is 0.0899. The number of likely N-dealkylation sites (tertiary alicyclic amines) is 1. The van der Waals surface area contributed by atoms with Gasteiger partial charge in [0.15, 0.2) is 0 Å². The van der Waals surface area contributed by atoms with Gasteiger partial charge in [-0.25, -0.2) is 0 Å². The normalized spacial score (nSPS) is 27.0. The van der Waals surface area contributed by atoms with Crippen LogP contribution >= 0.6 is 0 Å². The molecule has 1 fully saturated rings. The van der Waals surface area contributed by atoms with Gasteiger partial charge in [-0.05, 0) is 45.1 Å². The molecule has 2 atom stereocenters. The number of rotatable bonds is 6. The first-order valence-electron chi connectivity index (χ1n) is 7.12. The highest BCUT2D eigenvalue weighted by molar-refractivity contribution is 4.86. The lowest BCUT2D eigenvalue weighted by Crippen LogP contribution is -2.52. The zero-order chi connectivity index (χ0) is 12.8. The second-order valence-corrected chi connectivity index (χ2v) is 6.02. The molecule has 1 aliphatic heterocycles. The molecule has 0 spiro atoms. The van der Waals surface area contributed by atoms with E-state index in [1.54, 1.807) is 0 Å². The maximum absolute atomic E-state index is 8.83. The molecule has 0 amide bonds. The second kappa shape index (κ2) is 7.34. The first-order valence-corrected chi connectivity index (χ1v) is 7.12. The molecule has 2 N–H and O–H groups in total. The topological polar surface area (TPSA) is 35.5 Å². The van der Waals surface area contributed by atoms with E-state index in [2.05, 4.69) is 37.9 Å². The number of piperidine rings is 1. The second-order valence-electron chi connectivity index (χ2n) is 6.02. The van der Waals surface area contributed by atoms with E-state index in [1.165, 1.54) is 13.0 Å². The molecule has 3 heteroatoms. The van der Waals surface area contributed by atoms with Crippen molar-refractivity contribution in [3.8, 4) is 0 Å². The predicted molar refractivity (Wildman–Crippen MR) is 73.1 cm³/mol. The largest absolute Gasteiger partial charge is 0.396 e. The number of hydrogen-bond donors (Lipinski definition) is 2. The van der Waals surface area contributed by atoms with Crippen molar-refractivity contribution in [2.75, 3.05) is 26.2 Å². The Morgan fingerprint density at radius 3 is 2.47 bits per heavy atom. The summed E-state index contributed by atoms with van der Waals surface area (Å²) in [6, 6.07) is 1.24. The van der Waals surface area contributed by atoms with E-state index in [1.807, 2.05) is 0 Å². The lowest BCUT2D eigenvalue weighted by Gasteiger charge is -2.42. The lowest BCUT2D eigenvalue weighted by atomic mass is 9.85. The maximum atomic E-state index is 8.83. The van der Waals surface area contributed by atoms with Crippen molar-refractivity contribution in [2.45, 2.75) is 52.6 Å². The minimum Gasteiger partial charge on any atom is -0.396 e. The summed E-state index contributed by atoms with van der Waals surface area (Å²) in [5.74, 6) is 1.57. The zero-order valence-electron chi connectivity index (χ0n) is 11.9. The van der Waals surface area contributed by atoms with Gasteiger partial charge in [0.25, 0.3) is 0 Å². The summed E-state index contributed by atoms with van der Waals surface area (Å²) in [6.45, 7) is 12.9. The van der Waals surface area contributed by atoms with Gasteiger partial charge in [-0.2, -0.15) is 0 Å². The van der Waals surface area contributed by atoms with Crippen LogP contribution in [0.4, 0.5) is 0 Å². The van der Waals surface area contributed by atoms with Crippen LogP contribution in [0.3, 0.4) is 0 Å². The van der Waals surface area contributed by atoms with E-state index in [4.69, 9.17) is 5.11 Å². The average molecular weight is 242 g/mol. The summed E-state index contributed by atoms with van der Waals surface area (Å²) in [6.07, 6.45) is 2.15. The van der Waals surface area contributed by atoms with Gasteiger partial charge in [-0.1, -0.05) is 13.8 Å². The summed E-state index contributed by atoms with van der Waals surface area (Å²) in [5, 5.41) is 12.4. The third-order valence-corrected chi connectivity index (χ3v) is 3.95. The molecule has 17 heavy (non-hydrogen) atoms. The highest BCUT2D eigenvalue weighted by Gasteiger charge is 2.29. The van der Waals surface area contributed by atoms with Crippen molar-refractivity contribution in [1.82, 2.24) is 10.2 Å². The van der Waals surface area contributed by atoms with Crippen molar-refractivity contribution in [3.63, 3.8) is 0 Å². The standard InChI is InChI=1S/C14H30N2O/c1-11(2)13-8-14(15-6-5-7-17)10-16(9-13)12(3)4/h11-15,17H,5-10H2,1-4H3. The van der Waals surface area contributed by atoms with Gasteiger partial charge in [0, 0.05) is 31.8 Å². The third kappa shape index (κ3) is 4.94. The van der Waals surface area contributed by atoms with Crippen LogP contribution in [0.2, 0.25) is 0 Å². The molecule has 102 valence electrons. The molecule has 1 heterocycles. The van der Waals surface area contributed by atoms with Crippen LogP contribution in [-0.2, 0) is 0 Å². The van der Waals surface area contributed by atoms with Crippen LogP contribution in [0.5, 0.6) is 0 Å². The summed E-state index contributed by atoms with van der Waals surface area (Å²) in [7, 11) is 0. The number of nitrogens with zero attached hydrogens (tertiary/aromatic N) is 1. The van der Waals surface area contributed by atoms with Crippen molar-refractivity contribution in [2.24, 2.45) is 11.8 Å². The van der Waals surface area contributed by atoms with E-state index in [9.17, 15) is 0 Å². The van der Waals surface area contributed by atoms with E-state index < -0.39 is 0 Å². The quantitative estimate of drug-likeness (QED) is 0.696. The number of aliphatic hydroxyl groups is 1. The van der Waals surface area contributed by atoms with Crippen molar-refractivity contribution < 1.29 is 5.11 Å². The molecular weight excluding hydrogens is 212 g/mol. The number of nitrogens with one attached hydrogen (secondary N) is 1. The smallest absolute Gasteiger partial charge is 0.0443 e. The van der Waals surface area contributed by atoms with Crippen molar-refractivity contribution >= 4 is 0 Å². The number of aliphatic hydroxyl groups excluding tert-OH is 1. The monoisotopic (exact) mass is 242 g/mol. The van der Waals surface area contributed by atoms with Gasteiger partial charge in [0.05, 0.1) is 0 Å². The molecule has 0 aromatic heterocycles. The molecule has 0 aromatic rings. The average Bonchev–Trinajstić information content (AvgIpc) is 2.29. The minimum atomic E-state index is 0.293. The minimum absolute atomic E-state index is 0.293. The van der Waals surface area contributed by atoms with Crippen LogP contribution in [0.25, 0.3) is 0 Å². The van der Waals surface area contributed by atoms with E-state index in [0.29, 0.717) is 18.7 Å². The van der Waals surface area contributed by atoms with E-state index in [-0.39, 0.29) is 0 Å². The van der Waals surface area contributed by atoms with E-state index >= 15 is 0 Å². The Kier molecular flexibility index (Phi) is 6.45. The Morgan fingerprint density at radius 1 is 1.24 bits per heavy atom. The fourth-order valence-corrected chi connectivity index (χ4v) is 2.61. The molecule has 1 aliphatic rings. The molecule has 2 unspecified atom stereocenters. The van der Waals surface area contributed by atoms with Gasteiger partial charge in [0.1, 0.15) is 0 Å². The fourth-order valence-electron chi connectivity index (χ4n) is 2.61. The van der Waals surface area contributed by atoms with Crippen LogP contribution < -0.4 is 5.32 Å². The summed E-state index contributed by atoms with van der Waals surface area (Å²) in [5.41, 5.74) is 0. The van der Waals surface area contributed by atoms with Gasteiger partial charge in [-0.3, -0.25) is 4.90 Å². The molecule has 0 radical (unpaired) electrons. The van der Waals surface area contributed by atoms with Crippen molar-refractivity contribution in [1.29, 1.82) is 0 Å². The summed E-state index contributed by atoms with van der Waals surface area (Å²) >= 11 is 0. The van der Waals surface area contributed by atoms with Crippen LogP contribution in [-0.4, -0.2) is 48.3 Å².